The number of methoxy groups -OCH3 is 1. The molecule has 116 valence electrons. The van der Waals surface area contributed by atoms with Gasteiger partial charge in [0.25, 0.3) is 0 Å². The predicted molar refractivity (Wildman–Crippen MR) is 82.3 cm³/mol. The van der Waals surface area contributed by atoms with Crippen LogP contribution in [0.3, 0.4) is 0 Å². The number of esters is 1. The quantitative estimate of drug-likeness (QED) is 0.485. The van der Waals surface area contributed by atoms with Crippen molar-refractivity contribution in [3.63, 3.8) is 0 Å². The zero-order valence-electron chi connectivity index (χ0n) is 13.5. The van der Waals surface area contributed by atoms with Crippen molar-refractivity contribution in [1.29, 1.82) is 0 Å². The number of ether oxygens (including phenoxy) is 2. The summed E-state index contributed by atoms with van der Waals surface area (Å²) >= 11 is 0. The van der Waals surface area contributed by atoms with E-state index in [2.05, 4.69) is 21.1 Å². The summed E-state index contributed by atoms with van der Waals surface area (Å²) in [6.45, 7) is 0. The van der Waals surface area contributed by atoms with Crippen molar-refractivity contribution < 1.29 is 18.8 Å². The van der Waals surface area contributed by atoms with Crippen LogP contribution in [0.25, 0.3) is 0 Å². The summed E-state index contributed by atoms with van der Waals surface area (Å²) in [5, 5.41) is 0. The van der Waals surface area contributed by atoms with Crippen LogP contribution in [0.5, 0.6) is 5.75 Å². The molecule has 0 atom stereocenters. The van der Waals surface area contributed by atoms with E-state index in [9.17, 15) is 4.79 Å². The number of hydrogen-bond donors (Lipinski definition) is 0. The highest BCUT2D eigenvalue weighted by Crippen LogP contribution is 2.37. The third-order valence-electron chi connectivity index (χ3n) is 4.44. The first-order valence-electron chi connectivity index (χ1n) is 7.57. The average molecular weight is 292 g/mol. The zero-order valence-corrected chi connectivity index (χ0v) is 13.5. The Morgan fingerprint density at radius 1 is 1.05 bits per heavy atom. The summed E-state index contributed by atoms with van der Waals surface area (Å²) in [5.41, 5.74) is 0.373. The Hall–Kier alpha value is -1.55. The van der Waals surface area contributed by atoms with E-state index < -0.39 is 0 Å². The highest BCUT2D eigenvalue weighted by Gasteiger charge is 2.46. The van der Waals surface area contributed by atoms with E-state index in [1.54, 1.807) is 12.1 Å². The Morgan fingerprint density at radius 2 is 1.62 bits per heavy atom. The van der Waals surface area contributed by atoms with Gasteiger partial charge in [0.1, 0.15) is 5.75 Å². The molecule has 4 heteroatoms. The van der Waals surface area contributed by atoms with E-state index in [0.717, 1.165) is 23.1 Å². The average Bonchev–Trinajstić information content (AvgIpc) is 2.47. The molecule has 0 radical (unpaired) electrons. The molecule has 2 rings (SSSR count). The Morgan fingerprint density at radius 3 is 2.10 bits per heavy atom. The second-order valence-corrected chi connectivity index (χ2v) is 6.64. The van der Waals surface area contributed by atoms with Gasteiger partial charge in [-0.05, 0) is 37.1 Å². The molecule has 0 heterocycles. The van der Waals surface area contributed by atoms with Crippen LogP contribution in [0.15, 0.2) is 24.3 Å². The standard InChI is InChI=1S/C17H26NO3/c1-18(2,3)17(12-6-5-7-13-17)21-15-10-8-14(9-11-15)16(19)20-4/h8-11H,5-7,12-13H2,1-4H3/q+1. The summed E-state index contributed by atoms with van der Waals surface area (Å²) in [6.07, 6.45) is 5.82. The lowest BCUT2D eigenvalue weighted by atomic mass is 9.89. The highest BCUT2D eigenvalue weighted by molar-refractivity contribution is 5.89. The molecule has 21 heavy (non-hydrogen) atoms. The Balaban J connectivity index is 2.19. The molecule has 0 bridgehead atoms. The van der Waals surface area contributed by atoms with E-state index in [4.69, 9.17) is 9.47 Å². The molecule has 0 aliphatic heterocycles. The molecule has 1 aliphatic rings. The number of carbonyl (C=O) groups is 1. The van der Waals surface area contributed by atoms with Gasteiger partial charge >= 0.3 is 5.97 Å². The smallest absolute Gasteiger partial charge is 0.337 e. The molecule has 1 saturated carbocycles. The SMILES string of the molecule is COC(=O)c1ccc(OC2([N+](C)(C)C)CCCCC2)cc1. The zero-order chi connectivity index (χ0) is 15.5. The van der Waals surface area contributed by atoms with Gasteiger partial charge in [-0.3, -0.25) is 4.48 Å². The van der Waals surface area contributed by atoms with E-state index in [-0.39, 0.29) is 11.7 Å². The molecule has 0 spiro atoms. The van der Waals surface area contributed by atoms with Gasteiger partial charge in [-0.15, -0.1) is 0 Å². The summed E-state index contributed by atoms with van der Waals surface area (Å²) in [6, 6.07) is 7.23. The maximum Gasteiger partial charge on any atom is 0.337 e. The van der Waals surface area contributed by atoms with E-state index in [1.165, 1.54) is 26.4 Å². The fourth-order valence-electron chi connectivity index (χ4n) is 3.01. The first-order chi connectivity index (χ1) is 9.88. The third-order valence-corrected chi connectivity index (χ3v) is 4.44. The van der Waals surface area contributed by atoms with Gasteiger partial charge < -0.3 is 9.47 Å². The van der Waals surface area contributed by atoms with Crippen LogP contribution in [-0.2, 0) is 4.74 Å². The molecule has 1 aromatic rings. The van der Waals surface area contributed by atoms with Crippen molar-refractivity contribution in [2.45, 2.75) is 37.8 Å². The van der Waals surface area contributed by atoms with Gasteiger partial charge in [-0.25, -0.2) is 4.79 Å². The molecule has 0 saturated heterocycles. The fraction of sp³-hybridized carbons (Fsp3) is 0.588. The number of nitrogens with zero attached hydrogens (tertiary/aromatic N) is 1. The molecule has 1 aromatic carbocycles. The molecule has 0 unspecified atom stereocenters. The molecular formula is C17H26NO3+. The summed E-state index contributed by atoms with van der Waals surface area (Å²) in [7, 11) is 7.96. The maximum atomic E-state index is 11.5. The summed E-state index contributed by atoms with van der Waals surface area (Å²) in [5.74, 6) is 0.498. The lowest BCUT2D eigenvalue weighted by Crippen LogP contribution is -2.61. The van der Waals surface area contributed by atoms with Gasteiger partial charge in [0.05, 0.1) is 33.8 Å². The second-order valence-electron chi connectivity index (χ2n) is 6.64. The van der Waals surface area contributed by atoms with Crippen molar-refractivity contribution in [2.24, 2.45) is 0 Å². The van der Waals surface area contributed by atoms with E-state index in [0.29, 0.717) is 5.56 Å². The largest absolute Gasteiger partial charge is 0.465 e. The summed E-state index contributed by atoms with van der Waals surface area (Å²) in [4.78, 5) is 11.5. The Labute approximate surface area is 127 Å². The number of rotatable bonds is 4. The van der Waals surface area contributed by atoms with Crippen LogP contribution >= 0.6 is 0 Å². The molecule has 0 N–H and O–H groups in total. The lowest BCUT2D eigenvalue weighted by Gasteiger charge is -2.47. The topological polar surface area (TPSA) is 35.5 Å². The van der Waals surface area contributed by atoms with Crippen LogP contribution in [-0.4, -0.2) is 44.4 Å². The van der Waals surface area contributed by atoms with Crippen molar-refractivity contribution in [3.05, 3.63) is 29.8 Å². The number of benzene rings is 1. The first kappa shape index (κ1) is 15.8. The molecular weight excluding hydrogens is 266 g/mol. The normalized spacial score (nSPS) is 18.1. The van der Waals surface area contributed by atoms with Crippen LogP contribution in [0.1, 0.15) is 42.5 Å². The molecule has 1 aliphatic carbocycles. The molecule has 0 aromatic heterocycles. The Bertz CT molecular complexity index is 482. The van der Waals surface area contributed by atoms with Crippen molar-refractivity contribution >= 4 is 5.97 Å². The van der Waals surface area contributed by atoms with Crippen LogP contribution in [0.4, 0.5) is 0 Å². The monoisotopic (exact) mass is 292 g/mol. The molecule has 0 amide bonds. The van der Waals surface area contributed by atoms with Crippen molar-refractivity contribution in [3.8, 4) is 5.75 Å². The third kappa shape index (κ3) is 3.38. The van der Waals surface area contributed by atoms with Crippen LogP contribution < -0.4 is 4.74 Å². The highest BCUT2D eigenvalue weighted by atomic mass is 16.5. The number of carbonyl (C=O) groups excluding carboxylic acids is 1. The van der Waals surface area contributed by atoms with Gasteiger partial charge in [0.15, 0.2) is 0 Å². The van der Waals surface area contributed by atoms with Crippen molar-refractivity contribution in [2.75, 3.05) is 28.3 Å². The number of quaternary nitrogens is 1. The van der Waals surface area contributed by atoms with Gasteiger partial charge in [-0.1, -0.05) is 6.42 Å². The lowest BCUT2D eigenvalue weighted by molar-refractivity contribution is -0.947. The minimum Gasteiger partial charge on any atom is -0.465 e. The van der Waals surface area contributed by atoms with Gasteiger partial charge in [0.2, 0.25) is 5.72 Å². The molecule has 4 nitrogen and oxygen atoms in total. The van der Waals surface area contributed by atoms with Crippen molar-refractivity contribution in [1.82, 2.24) is 0 Å². The van der Waals surface area contributed by atoms with Crippen LogP contribution in [0.2, 0.25) is 0 Å². The predicted octanol–water partition coefficient (Wildman–Crippen LogP) is 3.22. The van der Waals surface area contributed by atoms with E-state index in [1.807, 2.05) is 12.1 Å². The minimum atomic E-state index is -0.319. The minimum absolute atomic E-state index is 0.176. The fourth-order valence-corrected chi connectivity index (χ4v) is 3.01. The molecule has 1 fully saturated rings. The number of hydrogen-bond acceptors (Lipinski definition) is 3. The Kier molecular flexibility index (Phi) is 4.57. The summed E-state index contributed by atoms with van der Waals surface area (Å²) < 4.78 is 11.9. The van der Waals surface area contributed by atoms with Gasteiger partial charge in [0, 0.05) is 12.8 Å². The second kappa shape index (κ2) is 6.06. The van der Waals surface area contributed by atoms with Crippen LogP contribution in [0, 0.1) is 0 Å². The van der Waals surface area contributed by atoms with E-state index >= 15 is 0 Å². The maximum absolute atomic E-state index is 11.5. The first-order valence-corrected chi connectivity index (χ1v) is 7.57. The van der Waals surface area contributed by atoms with Gasteiger partial charge in [-0.2, -0.15) is 0 Å².